The van der Waals surface area contributed by atoms with Crippen LogP contribution in [-0.2, 0) is 4.43 Å². The lowest BCUT2D eigenvalue weighted by atomic mass is 9.65. The Bertz CT molecular complexity index is 259. The molecule has 0 radical (unpaired) electrons. The SMILES string of the molecule is CC1(C)O[Si](C)(C)CCC1(CCCN)CCCN. The minimum absolute atomic E-state index is 0.0225. The molecule has 0 aromatic heterocycles. The zero-order valence-corrected chi connectivity index (χ0v) is 13.7. The number of hydrogen-bond acceptors (Lipinski definition) is 3. The average Bonchev–Trinajstić information content (AvgIpc) is 2.25. The van der Waals surface area contributed by atoms with Gasteiger partial charge in [-0.2, -0.15) is 0 Å². The summed E-state index contributed by atoms with van der Waals surface area (Å²) >= 11 is 0. The van der Waals surface area contributed by atoms with Crippen molar-refractivity contribution in [1.82, 2.24) is 0 Å². The Morgan fingerprint density at radius 2 is 1.56 bits per heavy atom. The largest absolute Gasteiger partial charge is 0.412 e. The molecule has 1 heterocycles. The highest BCUT2D eigenvalue weighted by atomic mass is 28.4. The van der Waals surface area contributed by atoms with E-state index in [1.54, 1.807) is 0 Å². The van der Waals surface area contributed by atoms with E-state index in [4.69, 9.17) is 15.9 Å². The molecule has 1 aliphatic rings. The van der Waals surface area contributed by atoms with Crippen LogP contribution in [-0.4, -0.2) is 27.0 Å². The van der Waals surface area contributed by atoms with Gasteiger partial charge in [0.25, 0.3) is 0 Å². The first-order valence-electron chi connectivity index (χ1n) is 7.39. The van der Waals surface area contributed by atoms with Gasteiger partial charge in [0.05, 0.1) is 5.60 Å². The maximum Gasteiger partial charge on any atom is 0.187 e. The third-order valence-electron chi connectivity index (χ3n) is 4.73. The molecule has 0 saturated carbocycles. The van der Waals surface area contributed by atoms with Crippen molar-refractivity contribution >= 4 is 8.32 Å². The molecule has 4 N–H and O–H groups in total. The summed E-state index contributed by atoms with van der Waals surface area (Å²) in [4.78, 5) is 0. The van der Waals surface area contributed by atoms with E-state index in [1.165, 1.54) is 25.3 Å². The Morgan fingerprint density at radius 1 is 1.06 bits per heavy atom. The molecule has 108 valence electrons. The Labute approximate surface area is 114 Å². The summed E-state index contributed by atoms with van der Waals surface area (Å²) in [6.07, 6.45) is 5.85. The summed E-state index contributed by atoms with van der Waals surface area (Å²) in [6, 6.07) is 1.27. The Morgan fingerprint density at radius 3 is 1.94 bits per heavy atom. The van der Waals surface area contributed by atoms with Crippen molar-refractivity contribution in [3.8, 4) is 0 Å². The van der Waals surface area contributed by atoms with Gasteiger partial charge in [0.15, 0.2) is 8.32 Å². The molecule has 0 spiro atoms. The van der Waals surface area contributed by atoms with E-state index in [-0.39, 0.29) is 11.0 Å². The van der Waals surface area contributed by atoms with Crippen LogP contribution in [0.2, 0.25) is 19.1 Å². The third-order valence-corrected chi connectivity index (χ3v) is 7.25. The van der Waals surface area contributed by atoms with E-state index in [2.05, 4.69) is 26.9 Å². The van der Waals surface area contributed by atoms with Crippen LogP contribution in [0.1, 0.15) is 46.0 Å². The summed E-state index contributed by atoms with van der Waals surface area (Å²) in [5, 5.41) is 0. The lowest BCUT2D eigenvalue weighted by Crippen LogP contribution is -2.57. The van der Waals surface area contributed by atoms with E-state index in [0.717, 1.165) is 25.9 Å². The maximum absolute atomic E-state index is 6.53. The average molecular weight is 273 g/mol. The molecule has 4 heteroatoms. The van der Waals surface area contributed by atoms with E-state index < -0.39 is 8.32 Å². The van der Waals surface area contributed by atoms with Crippen molar-refractivity contribution in [2.75, 3.05) is 13.1 Å². The molecule has 0 aromatic rings. The van der Waals surface area contributed by atoms with Gasteiger partial charge in [-0.1, -0.05) is 0 Å². The minimum Gasteiger partial charge on any atom is -0.412 e. The monoisotopic (exact) mass is 272 g/mol. The van der Waals surface area contributed by atoms with Gasteiger partial charge >= 0.3 is 0 Å². The highest BCUT2D eigenvalue weighted by Crippen LogP contribution is 2.52. The lowest BCUT2D eigenvalue weighted by molar-refractivity contribution is -0.0734. The van der Waals surface area contributed by atoms with Gasteiger partial charge in [-0.05, 0) is 83.6 Å². The normalized spacial score (nSPS) is 25.0. The van der Waals surface area contributed by atoms with E-state index in [1.807, 2.05) is 0 Å². The van der Waals surface area contributed by atoms with Crippen molar-refractivity contribution < 1.29 is 4.43 Å². The second kappa shape index (κ2) is 6.03. The molecule has 0 unspecified atom stereocenters. The van der Waals surface area contributed by atoms with Crippen molar-refractivity contribution in [2.45, 2.75) is 70.7 Å². The minimum atomic E-state index is -1.46. The Balaban J connectivity index is 2.86. The molecule has 1 rings (SSSR count). The van der Waals surface area contributed by atoms with Gasteiger partial charge in [0.1, 0.15) is 0 Å². The van der Waals surface area contributed by atoms with Crippen molar-refractivity contribution in [2.24, 2.45) is 16.9 Å². The van der Waals surface area contributed by atoms with Crippen LogP contribution < -0.4 is 11.5 Å². The highest BCUT2D eigenvalue weighted by Gasteiger charge is 2.51. The van der Waals surface area contributed by atoms with Crippen LogP contribution in [0.25, 0.3) is 0 Å². The van der Waals surface area contributed by atoms with Gasteiger partial charge < -0.3 is 15.9 Å². The number of nitrogens with two attached hydrogens (primary N) is 2. The highest BCUT2D eigenvalue weighted by molar-refractivity contribution is 6.71. The van der Waals surface area contributed by atoms with Crippen molar-refractivity contribution in [3.63, 3.8) is 0 Å². The first kappa shape index (κ1) is 16.2. The van der Waals surface area contributed by atoms with E-state index >= 15 is 0 Å². The summed E-state index contributed by atoms with van der Waals surface area (Å²) in [5.41, 5.74) is 11.7. The fourth-order valence-corrected chi connectivity index (χ4v) is 6.33. The number of rotatable bonds is 6. The molecule has 0 atom stereocenters. The fraction of sp³-hybridized carbons (Fsp3) is 1.00. The van der Waals surface area contributed by atoms with Crippen LogP contribution in [0.3, 0.4) is 0 Å². The molecular weight excluding hydrogens is 240 g/mol. The van der Waals surface area contributed by atoms with Crippen LogP contribution >= 0.6 is 0 Å². The van der Waals surface area contributed by atoms with Gasteiger partial charge in [0.2, 0.25) is 0 Å². The quantitative estimate of drug-likeness (QED) is 0.731. The van der Waals surface area contributed by atoms with Gasteiger partial charge in [-0.15, -0.1) is 0 Å². The molecular formula is C14H32N2OSi. The first-order valence-corrected chi connectivity index (χ1v) is 10.5. The molecule has 0 aliphatic carbocycles. The molecule has 18 heavy (non-hydrogen) atoms. The van der Waals surface area contributed by atoms with Crippen LogP contribution in [0, 0.1) is 5.41 Å². The molecule has 0 bridgehead atoms. The predicted octanol–water partition coefficient (Wildman–Crippen LogP) is 2.85. The van der Waals surface area contributed by atoms with Gasteiger partial charge in [-0.25, -0.2) is 0 Å². The standard InChI is InChI=1S/C14H32N2OSi/c1-13(2)14(7-5-10-15,8-6-11-16)9-12-18(3,4)17-13/h5-12,15-16H2,1-4H3. The summed E-state index contributed by atoms with van der Waals surface area (Å²) in [6.45, 7) is 10.8. The maximum atomic E-state index is 6.53. The van der Waals surface area contributed by atoms with Gasteiger partial charge in [0, 0.05) is 0 Å². The zero-order chi connectivity index (χ0) is 13.9. The summed E-state index contributed by atoms with van der Waals surface area (Å²) < 4.78 is 6.53. The van der Waals surface area contributed by atoms with Crippen molar-refractivity contribution in [1.29, 1.82) is 0 Å². The molecule has 3 nitrogen and oxygen atoms in total. The smallest absolute Gasteiger partial charge is 0.187 e. The fourth-order valence-electron chi connectivity index (χ4n) is 3.55. The second-order valence-corrected chi connectivity index (χ2v) is 11.2. The van der Waals surface area contributed by atoms with Crippen LogP contribution in [0.4, 0.5) is 0 Å². The zero-order valence-electron chi connectivity index (χ0n) is 12.7. The van der Waals surface area contributed by atoms with Gasteiger partial charge in [-0.3, -0.25) is 0 Å². The molecule has 0 amide bonds. The van der Waals surface area contributed by atoms with Crippen LogP contribution in [0.5, 0.6) is 0 Å². The predicted molar refractivity (Wildman–Crippen MR) is 81.1 cm³/mol. The topological polar surface area (TPSA) is 61.3 Å². The molecule has 1 aliphatic heterocycles. The Hall–Kier alpha value is 0.0969. The molecule has 1 fully saturated rings. The van der Waals surface area contributed by atoms with E-state index in [9.17, 15) is 0 Å². The Kier molecular flexibility index (Phi) is 5.41. The summed E-state index contributed by atoms with van der Waals surface area (Å²) in [7, 11) is -1.46. The van der Waals surface area contributed by atoms with Crippen molar-refractivity contribution in [3.05, 3.63) is 0 Å². The molecule has 0 aromatic carbocycles. The number of hydrogen-bond donors (Lipinski definition) is 2. The second-order valence-electron chi connectivity index (χ2n) is 6.94. The van der Waals surface area contributed by atoms with E-state index in [0.29, 0.717) is 0 Å². The summed E-state index contributed by atoms with van der Waals surface area (Å²) in [5.74, 6) is 0. The first-order chi connectivity index (χ1) is 8.29. The molecule has 1 saturated heterocycles. The van der Waals surface area contributed by atoms with Crippen LogP contribution in [0.15, 0.2) is 0 Å². The third kappa shape index (κ3) is 3.56. The lowest BCUT2D eigenvalue weighted by Gasteiger charge is -2.55.